The maximum absolute atomic E-state index is 10.7. The highest BCUT2D eigenvalue weighted by Crippen LogP contribution is 2.07. The number of carboxylic acid groups (broad SMARTS) is 1. The largest absolute Gasteiger partial charge is 0.480 e. The van der Waals surface area contributed by atoms with E-state index >= 15 is 0 Å². The number of carboxylic acids is 1. The van der Waals surface area contributed by atoms with E-state index in [1.807, 2.05) is 36.4 Å². The average molecular weight is 225 g/mol. The molecule has 0 spiro atoms. The lowest BCUT2D eigenvalue weighted by molar-refractivity contribution is -0.139. The standard InChI is InChI=1S/C11H19N3O2/c1-4-14-10(5-6-12-14)7-13(9(2)3)8-11(15)16/h5-6,9H,4,7-8H2,1-3H3,(H,15,16). The molecule has 0 aliphatic rings. The molecule has 0 saturated carbocycles. The highest BCUT2D eigenvalue weighted by molar-refractivity contribution is 5.69. The Morgan fingerprint density at radius 3 is 2.81 bits per heavy atom. The van der Waals surface area contributed by atoms with Gasteiger partial charge in [0.05, 0.1) is 12.2 Å². The number of hydrogen-bond donors (Lipinski definition) is 1. The average Bonchev–Trinajstić information content (AvgIpc) is 2.63. The summed E-state index contributed by atoms with van der Waals surface area (Å²) in [7, 11) is 0. The van der Waals surface area contributed by atoms with E-state index in [1.54, 1.807) is 6.20 Å². The lowest BCUT2D eigenvalue weighted by Gasteiger charge is -2.24. The van der Waals surface area contributed by atoms with Gasteiger partial charge in [0.2, 0.25) is 0 Å². The molecule has 90 valence electrons. The molecule has 5 nitrogen and oxygen atoms in total. The van der Waals surface area contributed by atoms with Crippen LogP contribution < -0.4 is 0 Å². The van der Waals surface area contributed by atoms with Gasteiger partial charge in [-0.1, -0.05) is 0 Å². The Bertz CT molecular complexity index is 347. The van der Waals surface area contributed by atoms with Crippen molar-refractivity contribution in [2.24, 2.45) is 0 Å². The zero-order valence-corrected chi connectivity index (χ0v) is 10.1. The van der Waals surface area contributed by atoms with E-state index in [2.05, 4.69) is 5.10 Å². The topological polar surface area (TPSA) is 58.4 Å². The van der Waals surface area contributed by atoms with Crippen LogP contribution in [0.4, 0.5) is 0 Å². The Kier molecular flexibility index (Phi) is 4.49. The number of aryl methyl sites for hydroxylation is 1. The third-order valence-electron chi connectivity index (χ3n) is 2.54. The van der Waals surface area contributed by atoms with Crippen LogP contribution in [0.2, 0.25) is 0 Å². The molecule has 1 N–H and O–H groups in total. The van der Waals surface area contributed by atoms with Crippen molar-refractivity contribution in [2.75, 3.05) is 6.54 Å². The fourth-order valence-electron chi connectivity index (χ4n) is 1.58. The smallest absolute Gasteiger partial charge is 0.317 e. The molecule has 0 fully saturated rings. The predicted molar refractivity (Wildman–Crippen MR) is 61.1 cm³/mol. The van der Waals surface area contributed by atoms with Crippen LogP contribution in [0.15, 0.2) is 12.3 Å². The van der Waals surface area contributed by atoms with Crippen molar-refractivity contribution in [2.45, 2.75) is 39.9 Å². The van der Waals surface area contributed by atoms with E-state index in [-0.39, 0.29) is 12.6 Å². The van der Waals surface area contributed by atoms with Crippen molar-refractivity contribution in [1.29, 1.82) is 0 Å². The normalized spacial score (nSPS) is 11.3. The summed E-state index contributed by atoms with van der Waals surface area (Å²) in [4.78, 5) is 12.6. The molecular formula is C11H19N3O2. The third-order valence-corrected chi connectivity index (χ3v) is 2.54. The molecule has 0 atom stereocenters. The number of aromatic nitrogens is 2. The predicted octanol–water partition coefficient (Wildman–Crippen LogP) is 1.20. The zero-order chi connectivity index (χ0) is 12.1. The minimum absolute atomic E-state index is 0.0621. The van der Waals surface area contributed by atoms with E-state index in [9.17, 15) is 4.79 Å². The summed E-state index contributed by atoms with van der Waals surface area (Å²) in [5.74, 6) is -0.795. The lowest BCUT2D eigenvalue weighted by atomic mass is 10.3. The molecule has 0 aliphatic carbocycles. The monoisotopic (exact) mass is 225 g/mol. The van der Waals surface area contributed by atoms with Crippen LogP contribution >= 0.6 is 0 Å². The fourth-order valence-corrected chi connectivity index (χ4v) is 1.58. The zero-order valence-electron chi connectivity index (χ0n) is 10.1. The Balaban J connectivity index is 2.71. The molecular weight excluding hydrogens is 206 g/mol. The first-order chi connectivity index (χ1) is 7.54. The Morgan fingerprint density at radius 2 is 2.31 bits per heavy atom. The van der Waals surface area contributed by atoms with Gasteiger partial charge in [0.1, 0.15) is 0 Å². The van der Waals surface area contributed by atoms with Crippen LogP contribution in [-0.2, 0) is 17.9 Å². The van der Waals surface area contributed by atoms with E-state index < -0.39 is 5.97 Å². The molecule has 1 aromatic rings. The van der Waals surface area contributed by atoms with E-state index in [0.29, 0.717) is 6.54 Å². The molecule has 0 radical (unpaired) electrons. The molecule has 0 amide bonds. The Hall–Kier alpha value is -1.36. The van der Waals surface area contributed by atoms with Gasteiger partial charge in [-0.2, -0.15) is 5.10 Å². The van der Waals surface area contributed by atoms with E-state index in [4.69, 9.17) is 5.11 Å². The van der Waals surface area contributed by atoms with Gasteiger partial charge in [0, 0.05) is 25.3 Å². The summed E-state index contributed by atoms with van der Waals surface area (Å²) in [5.41, 5.74) is 1.05. The molecule has 16 heavy (non-hydrogen) atoms. The summed E-state index contributed by atoms with van der Waals surface area (Å²) in [6.07, 6.45) is 1.75. The Labute approximate surface area is 95.7 Å². The van der Waals surface area contributed by atoms with Gasteiger partial charge < -0.3 is 5.11 Å². The summed E-state index contributed by atoms with van der Waals surface area (Å²) in [6, 6.07) is 2.14. The number of hydrogen-bond acceptors (Lipinski definition) is 3. The van der Waals surface area contributed by atoms with Crippen molar-refractivity contribution < 1.29 is 9.90 Å². The van der Waals surface area contributed by atoms with Gasteiger partial charge in [-0.3, -0.25) is 14.4 Å². The molecule has 1 rings (SSSR count). The maximum Gasteiger partial charge on any atom is 0.317 e. The van der Waals surface area contributed by atoms with Crippen LogP contribution in [0.1, 0.15) is 26.5 Å². The van der Waals surface area contributed by atoms with Crippen molar-refractivity contribution in [3.63, 3.8) is 0 Å². The molecule has 0 bridgehead atoms. The van der Waals surface area contributed by atoms with Gasteiger partial charge in [-0.05, 0) is 26.8 Å². The highest BCUT2D eigenvalue weighted by Gasteiger charge is 2.15. The first kappa shape index (κ1) is 12.7. The molecule has 0 unspecified atom stereocenters. The molecule has 5 heteroatoms. The van der Waals surface area contributed by atoms with E-state index in [0.717, 1.165) is 12.2 Å². The number of nitrogens with zero attached hydrogens (tertiary/aromatic N) is 3. The minimum Gasteiger partial charge on any atom is -0.480 e. The van der Waals surface area contributed by atoms with Crippen molar-refractivity contribution in [3.05, 3.63) is 18.0 Å². The second kappa shape index (κ2) is 5.65. The van der Waals surface area contributed by atoms with Gasteiger partial charge in [0.25, 0.3) is 0 Å². The van der Waals surface area contributed by atoms with Crippen molar-refractivity contribution in [1.82, 2.24) is 14.7 Å². The number of rotatable bonds is 6. The van der Waals surface area contributed by atoms with Crippen molar-refractivity contribution >= 4 is 5.97 Å². The SMILES string of the molecule is CCn1nccc1CN(CC(=O)O)C(C)C. The van der Waals surface area contributed by atoms with Crippen LogP contribution in [-0.4, -0.2) is 38.3 Å². The lowest BCUT2D eigenvalue weighted by Crippen LogP contribution is -2.35. The van der Waals surface area contributed by atoms with Crippen LogP contribution in [0.25, 0.3) is 0 Å². The second-order valence-corrected chi connectivity index (χ2v) is 4.03. The number of carbonyl (C=O) groups is 1. The minimum atomic E-state index is -0.795. The first-order valence-corrected chi connectivity index (χ1v) is 5.51. The van der Waals surface area contributed by atoms with Crippen LogP contribution in [0.3, 0.4) is 0 Å². The van der Waals surface area contributed by atoms with Gasteiger partial charge in [-0.15, -0.1) is 0 Å². The first-order valence-electron chi connectivity index (χ1n) is 5.51. The quantitative estimate of drug-likeness (QED) is 0.790. The summed E-state index contributed by atoms with van der Waals surface area (Å²) < 4.78 is 1.89. The fraction of sp³-hybridized carbons (Fsp3) is 0.636. The molecule has 0 aromatic carbocycles. The second-order valence-electron chi connectivity index (χ2n) is 4.03. The maximum atomic E-state index is 10.7. The third kappa shape index (κ3) is 3.34. The Morgan fingerprint density at radius 1 is 1.62 bits per heavy atom. The number of aliphatic carboxylic acids is 1. The van der Waals surface area contributed by atoms with Crippen LogP contribution in [0.5, 0.6) is 0 Å². The summed E-state index contributed by atoms with van der Waals surface area (Å²) >= 11 is 0. The highest BCUT2D eigenvalue weighted by atomic mass is 16.4. The van der Waals surface area contributed by atoms with Crippen LogP contribution in [0, 0.1) is 0 Å². The summed E-state index contributed by atoms with van der Waals surface area (Å²) in [5, 5.41) is 13.0. The molecule has 1 heterocycles. The van der Waals surface area contributed by atoms with Crippen molar-refractivity contribution in [3.8, 4) is 0 Å². The molecule has 1 aromatic heterocycles. The van der Waals surface area contributed by atoms with Gasteiger partial charge in [-0.25, -0.2) is 0 Å². The van der Waals surface area contributed by atoms with Gasteiger partial charge in [0.15, 0.2) is 0 Å². The van der Waals surface area contributed by atoms with E-state index in [1.165, 1.54) is 0 Å². The summed E-state index contributed by atoms with van der Waals surface area (Å²) in [6.45, 7) is 7.50. The van der Waals surface area contributed by atoms with Gasteiger partial charge >= 0.3 is 5.97 Å². The molecule has 0 saturated heterocycles. The molecule has 0 aliphatic heterocycles.